The molecule has 1 fully saturated rings. The van der Waals surface area contributed by atoms with Crippen molar-refractivity contribution < 1.29 is 27.3 Å². The van der Waals surface area contributed by atoms with Crippen molar-refractivity contribution in [2.45, 2.75) is 38.0 Å². The van der Waals surface area contributed by atoms with Crippen molar-refractivity contribution in [1.29, 1.82) is 0 Å². The van der Waals surface area contributed by atoms with Gasteiger partial charge in [-0.05, 0) is 50.5 Å². The zero-order valence-corrected chi connectivity index (χ0v) is 16.6. The molecule has 28 heavy (non-hydrogen) atoms. The second-order valence-electron chi connectivity index (χ2n) is 6.55. The second-order valence-corrected chi connectivity index (χ2v) is 8.49. The molecule has 0 amide bonds. The summed E-state index contributed by atoms with van der Waals surface area (Å²) in [4.78, 5) is 24.7. The minimum Gasteiger partial charge on any atom is -0.454 e. The Balaban J connectivity index is 1.65. The lowest BCUT2D eigenvalue weighted by atomic mass is 10.1. The first kappa shape index (κ1) is 20.2. The van der Waals surface area contributed by atoms with Crippen molar-refractivity contribution >= 4 is 21.8 Å². The fourth-order valence-corrected chi connectivity index (χ4v) is 4.61. The van der Waals surface area contributed by atoms with Crippen LogP contribution in [0.25, 0.3) is 0 Å². The number of hydrogen-bond donors (Lipinski definition) is 0. The molecule has 1 aromatic heterocycles. The maximum atomic E-state index is 12.5. The van der Waals surface area contributed by atoms with Gasteiger partial charge in [0.25, 0.3) is 0 Å². The topological polar surface area (TPSA) is 107 Å². The molecule has 9 heteroatoms. The van der Waals surface area contributed by atoms with Crippen LogP contribution in [-0.2, 0) is 21.2 Å². The molecule has 1 saturated heterocycles. The highest BCUT2D eigenvalue weighted by Crippen LogP contribution is 2.21. The van der Waals surface area contributed by atoms with Crippen molar-refractivity contribution in [3.63, 3.8) is 0 Å². The summed E-state index contributed by atoms with van der Waals surface area (Å²) < 4.78 is 36.5. The van der Waals surface area contributed by atoms with Crippen LogP contribution in [0.2, 0.25) is 0 Å². The zero-order valence-electron chi connectivity index (χ0n) is 15.8. The summed E-state index contributed by atoms with van der Waals surface area (Å²) in [5.74, 6) is -0.756. The number of ether oxygens (including phenoxy) is 1. The van der Waals surface area contributed by atoms with E-state index in [-0.39, 0.29) is 16.0 Å². The maximum absolute atomic E-state index is 12.5. The predicted molar refractivity (Wildman–Crippen MR) is 99.7 cm³/mol. The Kier molecular flexibility index (Phi) is 5.95. The molecule has 0 bridgehead atoms. The van der Waals surface area contributed by atoms with E-state index in [1.54, 1.807) is 6.92 Å². The number of aromatic nitrogens is 1. The third-order valence-corrected chi connectivity index (χ3v) is 6.60. The molecule has 0 saturated carbocycles. The molecule has 2 aromatic rings. The molecule has 0 aliphatic carbocycles. The minimum atomic E-state index is -3.53. The number of ketones is 1. The standard InChI is InChI=1S/C19H22N2O6S/c1-3-16-18(13(2)27-20-16)19(23)26-12-17(22)14-6-8-15(9-7-14)28(24,25)21-10-4-5-11-21/h6-9H,3-5,10-12H2,1-2H3. The lowest BCUT2D eigenvalue weighted by Gasteiger charge is -2.15. The van der Waals surface area contributed by atoms with Gasteiger partial charge < -0.3 is 9.26 Å². The Morgan fingerprint density at radius 3 is 2.43 bits per heavy atom. The number of carbonyl (C=O) groups is 2. The molecule has 2 heterocycles. The normalized spacial score (nSPS) is 14.9. The summed E-state index contributed by atoms with van der Waals surface area (Å²) in [5, 5.41) is 3.78. The molecular formula is C19H22N2O6S. The summed E-state index contributed by atoms with van der Waals surface area (Å²) in [6.45, 7) is 4.01. The van der Waals surface area contributed by atoms with Crippen LogP contribution in [0.15, 0.2) is 33.7 Å². The maximum Gasteiger partial charge on any atom is 0.344 e. The molecule has 3 rings (SSSR count). The quantitative estimate of drug-likeness (QED) is 0.513. The minimum absolute atomic E-state index is 0.149. The summed E-state index contributed by atoms with van der Waals surface area (Å²) >= 11 is 0. The fraction of sp³-hybridized carbons (Fsp3) is 0.421. The van der Waals surface area contributed by atoms with Gasteiger partial charge >= 0.3 is 5.97 Å². The van der Waals surface area contributed by atoms with Crippen molar-refractivity contribution in [2.24, 2.45) is 0 Å². The van der Waals surface area contributed by atoms with Gasteiger partial charge in [-0.25, -0.2) is 13.2 Å². The van der Waals surface area contributed by atoms with Gasteiger partial charge in [0, 0.05) is 18.7 Å². The summed E-state index contributed by atoms with van der Waals surface area (Å²) in [6, 6.07) is 5.67. The van der Waals surface area contributed by atoms with Gasteiger partial charge in [0.1, 0.15) is 11.3 Å². The number of aryl methyl sites for hydroxylation is 2. The van der Waals surface area contributed by atoms with Crippen molar-refractivity contribution in [1.82, 2.24) is 9.46 Å². The highest BCUT2D eigenvalue weighted by Gasteiger charge is 2.27. The highest BCUT2D eigenvalue weighted by atomic mass is 32.2. The van der Waals surface area contributed by atoms with E-state index in [0.29, 0.717) is 31.0 Å². The summed E-state index contributed by atoms with van der Waals surface area (Å²) in [6.07, 6.45) is 2.21. The largest absolute Gasteiger partial charge is 0.454 e. The molecule has 1 aliphatic rings. The number of rotatable bonds is 7. The lowest BCUT2D eigenvalue weighted by Crippen LogP contribution is -2.27. The van der Waals surface area contributed by atoms with Crippen LogP contribution in [0, 0.1) is 6.92 Å². The van der Waals surface area contributed by atoms with E-state index in [2.05, 4.69) is 5.16 Å². The van der Waals surface area contributed by atoms with Gasteiger partial charge in [-0.15, -0.1) is 0 Å². The average Bonchev–Trinajstić information content (AvgIpc) is 3.36. The zero-order chi connectivity index (χ0) is 20.3. The fourth-order valence-electron chi connectivity index (χ4n) is 3.10. The molecule has 8 nitrogen and oxygen atoms in total. The Labute approximate surface area is 163 Å². The highest BCUT2D eigenvalue weighted by molar-refractivity contribution is 7.89. The SMILES string of the molecule is CCc1noc(C)c1C(=O)OCC(=O)c1ccc(S(=O)(=O)N2CCCC2)cc1. The van der Waals surface area contributed by atoms with Crippen LogP contribution in [0.4, 0.5) is 0 Å². The molecule has 0 atom stereocenters. The van der Waals surface area contributed by atoms with E-state index < -0.39 is 28.4 Å². The number of sulfonamides is 1. The number of Topliss-reactive ketones (excluding diaryl/α,β-unsaturated/α-hetero) is 1. The monoisotopic (exact) mass is 406 g/mol. The number of esters is 1. The van der Waals surface area contributed by atoms with Crippen molar-refractivity contribution in [2.75, 3.05) is 19.7 Å². The third kappa shape index (κ3) is 4.00. The van der Waals surface area contributed by atoms with Crippen LogP contribution in [0.1, 0.15) is 51.9 Å². The summed E-state index contributed by atoms with van der Waals surface area (Å²) in [5.41, 5.74) is 0.986. The Morgan fingerprint density at radius 2 is 1.82 bits per heavy atom. The molecule has 0 spiro atoms. The third-order valence-electron chi connectivity index (χ3n) is 4.69. The van der Waals surface area contributed by atoms with Gasteiger partial charge in [0.05, 0.1) is 10.6 Å². The number of carbonyl (C=O) groups excluding carboxylic acids is 2. The first-order valence-corrected chi connectivity index (χ1v) is 10.5. The van der Waals surface area contributed by atoms with E-state index in [4.69, 9.17) is 9.26 Å². The van der Waals surface area contributed by atoms with E-state index >= 15 is 0 Å². The van der Waals surface area contributed by atoms with Crippen LogP contribution in [0.5, 0.6) is 0 Å². The molecule has 0 N–H and O–H groups in total. The Hall–Kier alpha value is -2.52. The average molecular weight is 406 g/mol. The van der Waals surface area contributed by atoms with E-state index in [0.717, 1.165) is 12.8 Å². The van der Waals surface area contributed by atoms with Crippen molar-refractivity contribution in [3.05, 3.63) is 46.8 Å². The molecule has 150 valence electrons. The van der Waals surface area contributed by atoms with Gasteiger partial charge in [0.15, 0.2) is 12.4 Å². The first-order valence-electron chi connectivity index (χ1n) is 9.10. The van der Waals surface area contributed by atoms with Crippen molar-refractivity contribution in [3.8, 4) is 0 Å². The number of benzene rings is 1. The van der Waals surface area contributed by atoms with Crippen LogP contribution in [-0.4, -0.2) is 49.3 Å². The predicted octanol–water partition coefficient (Wildman–Crippen LogP) is 2.37. The molecule has 1 aromatic carbocycles. The number of nitrogens with zero attached hydrogens (tertiary/aromatic N) is 2. The smallest absolute Gasteiger partial charge is 0.344 e. The molecule has 1 aliphatic heterocycles. The molecule has 0 unspecified atom stereocenters. The summed E-state index contributed by atoms with van der Waals surface area (Å²) in [7, 11) is -3.53. The number of hydrogen-bond acceptors (Lipinski definition) is 7. The van der Waals surface area contributed by atoms with Crippen LogP contribution >= 0.6 is 0 Å². The van der Waals surface area contributed by atoms with E-state index in [1.807, 2.05) is 6.92 Å². The van der Waals surface area contributed by atoms with E-state index in [9.17, 15) is 18.0 Å². The Morgan fingerprint density at radius 1 is 1.18 bits per heavy atom. The molecular weight excluding hydrogens is 384 g/mol. The van der Waals surface area contributed by atoms with Gasteiger partial charge in [-0.3, -0.25) is 4.79 Å². The second kappa shape index (κ2) is 8.24. The van der Waals surface area contributed by atoms with Crippen LogP contribution in [0.3, 0.4) is 0 Å². The van der Waals surface area contributed by atoms with Gasteiger partial charge in [-0.2, -0.15) is 4.31 Å². The Bertz CT molecular complexity index is 972. The van der Waals surface area contributed by atoms with Gasteiger partial charge in [0.2, 0.25) is 10.0 Å². The molecule has 0 radical (unpaired) electrons. The first-order chi connectivity index (χ1) is 13.3. The lowest BCUT2D eigenvalue weighted by molar-refractivity contribution is 0.0472. The van der Waals surface area contributed by atoms with E-state index in [1.165, 1.54) is 28.6 Å². The van der Waals surface area contributed by atoms with Gasteiger partial charge in [-0.1, -0.05) is 12.1 Å². The van der Waals surface area contributed by atoms with Crippen LogP contribution < -0.4 is 0 Å².